The molecular weight excluding hydrogens is 344 g/mol. The van der Waals surface area contributed by atoms with E-state index in [0.29, 0.717) is 4.99 Å². The first-order valence-electron chi connectivity index (χ1n) is 5.67. The number of aromatic nitrogens is 2. The molecule has 0 saturated carbocycles. The Hall–Kier alpha value is -0.920. The number of thiophene rings is 1. The molecule has 0 saturated heterocycles. The van der Waals surface area contributed by atoms with Gasteiger partial charge in [-0.3, -0.25) is 4.68 Å². The van der Waals surface area contributed by atoms with Crippen molar-refractivity contribution in [3.05, 3.63) is 32.1 Å². The summed E-state index contributed by atoms with van der Waals surface area (Å²) < 4.78 is 2.93. The van der Waals surface area contributed by atoms with Crippen LogP contribution in [-0.2, 0) is 13.6 Å². The lowest BCUT2D eigenvalue weighted by Gasteiger charge is -2.20. The monoisotopic (exact) mass is 358 g/mol. The molecular formula is C12H15BrN4S2. The molecule has 2 aromatic heterocycles. The average Bonchev–Trinajstić information content (AvgIpc) is 2.82. The number of rotatable bonds is 4. The summed E-state index contributed by atoms with van der Waals surface area (Å²) >= 11 is 10.3. The lowest BCUT2D eigenvalue weighted by atomic mass is 10.2. The summed E-state index contributed by atoms with van der Waals surface area (Å²) in [6.45, 7) is 2.72. The van der Waals surface area contributed by atoms with Crippen LogP contribution in [0.3, 0.4) is 0 Å². The highest BCUT2D eigenvalue weighted by Gasteiger charge is 2.19. The average molecular weight is 359 g/mol. The summed E-state index contributed by atoms with van der Waals surface area (Å²) in [5.74, 6) is 0.953. The fourth-order valence-electron chi connectivity index (χ4n) is 2.12. The molecule has 2 rings (SSSR count). The molecule has 0 fully saturated rings. The molecule has 102 valence electrons. The molecule has 4 nitrogen and oxygen atoms in total. The lowest BCUT2D eigenvalue weighted by Crippen LogP contribution is -2.23. The molecule has 0 aromatic carbocycles. The first kappa shape index (κ1) is 14.5. The first-order valence-corrected chi connectivity index (χ1v) is 7.75. The normalized spacial score (nSPS) is 10.7. The molecule has 2 aromatic rings. The number of hydrogen-bond donors (Lipinski definition) is 1. The van der Waals surface area contributed by atoms with Gasteiger partial charge >= 0.3 is 0 Å². The van der Waals surface area contributed by atoms with Crippen molar-refractivity contribution < 1.29 is 0 Å². The zero-order valence-electron chi connectivity index (χ0n) is 11.0. The fraction of sp³-hybridized carbons (Fsp3) is 0.333. The maximum atomic E-state index is 5.81. The van der Waals surface area contributed by atoms with E-state index in [2.05, 4.69) is 37.4 Å². The minimum Gasteiger partial charge on any atom is -0.389 e. The van der Waals surface area contributed by atoms with Crippen molar-refractivity contribution >= 4 is 50.3 Å². The second kappa shape index (κ2) is 5.60. The van der Waals surface area contributed by atoms with E-state index in [0.717, 1.165) is 28.1 Å². The summed E-state index contributed by atoms with van der Waals surface area (Å²) in [4.78, 5) is 3.77. The third-order valence-electron chi connectivity index (χ3n) is 2.81. The Balaban J connectivity index is 2.33. The van der Waals surface area contributed by atoms with Crippen LogP contribution in [0.2, 0.25) is 0 Å². The summed E-state index contributed by atoms with van der Waals surface area (Å²) in [7, 11) is 3.93. The van der Waals surface area contributed by atoms with Gasteiger partial charge in [0.25, 0.3) is 0 Å². The second-order valence-electron chi connectivity index (χ2n) is 4.36. The van der Waals surface area contributed by atoms with Crippen LogP contribution in [0.1, 0.15) is 16.1 Å². The summed E-state index contributed by atoms with van der Waals surface area (Å²) in [5.41, 5.74) is 7.53. The second-order valence-corrected chi connectivity index (χ2v) is 6.71. The molecule has 7 heteroatoms. The predicted octanol–water partition coefficient (Wildman–Crippen LogP) is 2.82. The van der Waals surface area contributed by atoms with Gasteiger partial charge in [-0.2, -0.15) is 5.10 Å². The van der Waals surface area contributed by atoms with Crippen LogP contribution < -0.4 is 10.6 Å². The number of nitrogens with zero attached hydrogens (tertiary/aromatic N) is 3. The van der Waals surface area contributed by atoms with Crippen molar-refractivity contribution in [1.82, 2.24) is 9.78 Å². The largest absolute Gasteiger partial charge is 0.389 e. The molecule has 19 heavy (non-hydrogen) atoms. The van der Waals surface area contributed by atoms with Crippen LogP contribution in [0.25, 0.3) is 0 Å². The Bertz CT molecular complexity index is 617. The third kappa shape index (κ3) is 2.98. The van der Waals surface area contributed by atoms with Crippen LogP contribution in [0.4, 0.5) is 5.82 Å². The van der Waals surface area contributed by atoms with Crippen molar-refractivity contribution in [2.45, 2.75) is 13.5 Å². The summed E-state index contributed by atoms with van der Waals surface area (Å²) in [6.07, 6.45) is 0. The highest BCUT2D eigenvalue weighted by molar-refractivity contribution is 9.10. The third-order valence-corrected chi connectivity index (χ3v) is 4.70. The highest BCUT2D eigenvalue weighted by Crippen LogP contribution is 2.26. The van der Waals surface area contributed by atoms with Gasteiger partial charge in [0.2, 0.25) is 0 Å². The Kier molecular flexibility index (Phi) is 4.27. The van der Waals surface area contributed by atoms with Gasteiger partial charge in [-0.25, -0.2) is 0 Å². The van der Waals surface area contributed by atoms with Gasteiger partial charge in [0.05, 0.1) is 17.8 Å². The van der Waals surface area contributed by atoms with Gasteiger partial charge < -0.3 is 10.6 Å². The van der Waals surface area contributed by atoms with Crippen LogP contribution in [-0.4, -0.2) is 21.8 Å². The minimum atomic E-state index is 0.389. The van der Waals surface area contributed by atoms with E-state index >= 15 is 0 Å². The van der Waals surface area contributed by atoms with Gasteiger partial charge in [-0.05, 0) is 28.9 Å². The van der Waals surface area contributed by atoms with Crippen molar-refractivity contribution in [2.75, 3.05) is 11.9 Å². The molecule has 2 N–H and O–H groups in total. The van der Waals surface area contributed by atoms with E-state index in [1.165, 1.54) is 4.88 Å². The number of aryl methyl sites for hydroxylation is 2. The van der Waals surface area contributed by atoms with Crippen LogP contribution in [0.15, 0.2) is 15.9 Å². The van der Waals surface area contributed by atoms with Crippen molar-refractivity contribution in [1.29, 1.82) is 0 Å². The molecule has 0 atom stereocenters. The quantitative estimate of drug-likeness (QED) is 0.853. The summed E-state index contributed by atoms with van der Waals surface area (Å²) in [6, 6.07) is 2.12. The molecule has 0 unspecified atom stereocenters. The van der Waals surface area contributed by atoms with Gasteiger partial charge in [0.1, 0.15) is 10.8 Å². The molecule has 0 bridgehead atoms. The fourth-order valence-corrected chi connectivity index (χ4v) is 3.86. The number of thiocarbonyl (C=S) groups is 1. The number of nitrogens with two attached hydrogens (primary N) is 1. The van der Waals surface area contributed by atoms with Crippen LogP contribution in [0.5, 0.6) is 0 Å². The molecule has 0 radical (unpaired) electrons. The standard InChI is InChI=1S/C12H15BrN4S2/c1-7-10(11(14)18)12(17(3)15-7)16(2)5-9-4-8(13)6-19-9/h4,6H,5H2,1-3H3,(H2,14,18). The maximum Gasteiger partial charge on any atom is 0.137 e. The molecule has 0 aliphatic rings. The number of halogens is 1. The van der Waals surface area contributed by atoms with E-state index in [1.807, 2.05) is 25.7 Å². The molecule has 2 heterocycles. The minimum absolute atomic E-state index is 0.389. The van der Waals surface area contributed by atoms with Crippen LogP contribution in [0, 0.1) is 6.92 Å². The Morgan fingerprint density at radius 1 is 1.63 bits per heavy atom. The van der Waals surface area contributed by atoms with Gasteiger partial charge in [-0.1, -0.05) is 12.2 Å². The van der Waals surface area contributed by atoms with E-state index in [1.54, 1.807) is 11.3 Å². The zero-order chi connectivity index (χ0) is 14.2. The van der Waals surface area contributed by atoms with Gasteiger partial charge in [0, 0.05) is 28.8 Å². The molecule has 0 spiro atoms. The van der Waals surface area contributed by atoms with E-state index < -0.39 is 0 Å². The molecule has 0 amide bonds. The maximum absolute atomic E-state index is 5.81. The topological polar surface area (TPSA) is 47.1 Å². The van der Waals surface area contributed by atoms with E-state index in [-0.39, 0.29) is 0 Å². The zero-order valence-corrected chi connectivity index (χ0v) is 14.2. The Morgan fingerprint density at radius 3 is 2.84 bits per heavy atom. The van der Waals surface area contributed by atoms with E-state index in [9.17, 15) is 0 Å². The van der Waals surface area contributed by atoms with Gasteiger partial charge in [-0.15, -0.1) is 11.3 Å². The number of anilines is 1. The molecule has 0 aliphatic carbocycles. The van der Waals surface area contributed by atoms with Crippen molar-refractivity contribution in [3.8, 4) is 0 Å². The predicted molar refractivity (Wildman–Crippen MR) is 88.0 cm³/mol. The van der Waals surface area contributed by atoms with Crippen molar-refractivity contribution in [3.63, 3.8) is 0 Å². The summed E-state index contributed by atoms with van der Waals surface area (Å²) in [5, 5.41) is 6.48. The van der Waals surface area contributed by atoms with Gasteiger partial charge in [0.15, 0.2) is 0 Å². The Morgan fingerprint density at radius 2 is 2.32 bits per heavy atom. The Labute approximate surface area is 130 Å². The highest BCUT2D eigenvalue weighted by atomic mass is 79.9. The van der Waals surface area contributed by atoms with Crippen LogP contribution >= 0.6 is 39.5 Å². The van der Waals surface area contributed by atoms with E-state index in [4.69, 9.17) is 18.0 Å². The van der Waals surface area contributed by atoms with Crippen molar-refractivity contribution in [2.24, 2.45) is 12.8 Å². The first-order chi connectivity index (χ1) is 8.90. The SMILES string of the molecule is Cc1nn(C)c(N(C)Cc2cc(Br)cs2)c1C(N)=S. The molecule has 0 aliphatic heterocycles. The number of hydrogen-bond acceptors (Lipinski definition) is 4. The smallest absolute Gasteiger partial charge is 0.137 e. The lowest BCUT2D eigenvalue weighted by molar-refractivity contribution is 0.728.